The van der Waals surface area contributed by atoms with Gasteiger partial charge in [-0.05, 0) is 17.8 Å². The van der Waals surface area contributed by atoms with Gasteiger partial charge in [-0.2, -0.15) is 0 Å². The Morgan fingerprint density at radius 3 is 2.54 bits per heavy atom. The number of amides is 1. The molecule has 2 fully saturated rings. The van der Waals surface area contributed by atoms with E-state index >= 15 is 0 Å². The van der Waals surface area contributed by atoms with Crippen molar-refractivity contribution in [1.82, 2.24) is 5.32 Å². The highest BCUT2D eigenvalue weighted by molar-refractivity contribution is 5.79. The summed E-state index contributed by atoms with van der Waals surface area (Å²) in [5.41, 5.74) is 0.462. The van der Waals surface area contributed by atoms with Crippen molar-refractivity contribution in [3.05, 3.63) is 0 Å². The van der Waals surface area contributed by atoms with Gasteiger partial charge in [0.25, 0.3) is 0 Å². The normalized spacial score (nSPS) is 30.8. The maximum atomic E-state index is 11.4. The van der Waals surface area contributed by atoms with E-state index in [-0.39, 0.29) is 11.8 Å². The second-order valence-corrected chi connectivity index (χ2v) is 4.87. The van der Waals surface area contributed by atoms with Gasteiger partial charge < -0.3 is 10.1 Å². The lowest BCUT2D eigenvalue weighted by Gasteiger charge is -2.24. The molecule has 0 bridgehead atoms. The predicted octanol–water partition coefficient (Wildman–Crippen LogP) is 0.795. The van der Waals surface area contributed by atoms with Crippen molar-refractivity contribution in [2.24, 2.45) is 17.3 Å². The van der Waals surface area contributed by atoms with E-state index in [1.54, 1.807) is 0 Å². The molecular weight excluding hydrogens is 166 g/mol. The van der Waals surface area contributed by atoms with Crippen molar-refractivity contribution in [2.45, 2.75) is 20.3 Å². The predicted molar refractivity (Wildman–Crippen MR) is 49.2 cm³/mol. The number of rotatable bonds is 3. The molecule has 2 rings (SSSR count). The number of hydrogen-bond acceptors (Lipinski definition) is 2. The minimum atomic E-state index is 0.127. The molecule has 1 aliphatic heterocycles. The summed E-state index contributed by atoms with van der Waals surface area (Å²) in [6, 6.07) is 0. The lowest BCUT2D eigenvalue weighted by atomic mass is 10.1. The van der Waals surface area contributed by atoms with Gasteiger partial charge >= 0.3 is 0 Å². The quantitative estimate of drug-likeness (QED) is 0.702. The van der Waals surface area contributed by atoms with Gasteiger partial charge in [-0.15, -0.1) is 0 Å². The summed E-state index contributed by atoms with van der Waals surface area (Å²) < 4.78 is 4.96. The third-order valence-electron chi connectivity index (χ3n) is 3.25. The van der Waals surface area contributed by atoms with Crippen LogP contribution >= 0.6 is 0 Å². The van der Waals surface area contributed by atoms with E-state index in [0.717, 1.165) is 6.54 Å². The van der Waals surface area contributed by atoms with Gasteiger partial charge in [0.1, 0.15) is 0 Å². The summed E-state index contributed by atoms with van der Waals surface area (Å²) in [6.45, 7) is 6.56. The van der Waals surface area contributed by atoms with Crippen molar-refractivity contribution >= 4 is 5.91 Å². The van der Waals surface area contributed by atoms with E-state index in [2.05, 4.69) is 19.2 Å². The van der Waals surface area contributed by atoms with E-state index in [9.17, 15) is 4.79 Å². The van der Waals surface area contributed by atoms with Crippen LogP contribution in [-0.2, 0) is 9.53 Å². The summed E-state index contributed by atoms with van der Waals surface area (Å²) in [5, 5.41) is 2.98. The Bertz CT molecular complexity index is 221. The highest BCUT2D eigenvalue weighted by atomic mass is 16.5. The van der Waals surface area contributed by atoms with Crippen LogP contribution in [0.4, 0.5) is 0 Å². The molecule has 1 atom stereocenters. The second kappa shape index (κ2) is 2.98. The Balaban J connectivity index is 1.65. The Morgan fingerprint density at radius 1 is 1.54 bits per heavy atom. The molecule has 1 unspecified atom stereocenters. The van der Waals surface area contributed by atoms with Crippen molar-refractivity contribution in [1.29, 1.82) is 0 Å². The number of hydrogen-bond donors (Lipinski definition) is 1. The number of nitrogens with one attached hydrogen (secondary N) is 1. The molecule has 1 aliphatic carbocycles. The zero-order valence-electron chi connectivity index (χ0n) is 8.30. The first-order chi connectivity index (χ1) is 6.09. The molecule has 74 valence electrons. The minimum absolute atomic E-state index is 0.127. The largest absolute Gasteiger partial charge is 0.380 e. The van der Waals surface area contributed by atoms with Crippen LogP contribution in [-0.4, -0.2) is 25.7 Å². The van der Waals surface area contributed by atoms with E-state index in [0.29, 0.717) is 24.5 Å². The standard InChI is InChI=1S/C10H17NO2/c1-10(2)3-8(10)4-11-9(12)7-5-13-6-7/h7-8H,3-6H2,1-2H3,(H,11,12). The molecule has 1 saturated heterocycles. The molecule has 0 aromatic rings. The van der Waals surface area contributed by atoms with E-state index in [1.807, 2.05) is 0 Å². The fourth-order valence-electron chi connectivity index (χ4n) is 1.68. The van der Waals surface area contributed by atoms with Crippen molar-refractivity contribution in [3.8, 4) is 0 Å². The Morgan fingerprint density at radius 2 is 2.15 bits per heavy atom. The molecule has 1 amide bonds. The fourth-order valence-corrected chi connectivity index (χ4v) is 1.68. The van der Waals surface area contributed by atoms with Gasteiger partial charge in [-0.1, -0.05) is 13.8 Å². The third kappa shape index (κ3) is 1.85. The first kappa shape index (κ1) is 9.00. The molecule has 0 aromatic heterocycles. The van der Waals surface area contributed by atoms with Crippen LogP contribution < -0.4 is 5.32 Å². The molecule has 13 heavy (non-hydrogen) atoms. The van der Waals surface area contributed by atoms with Crippen LogP contribution in [0.1, 0.15) is 20.3 Å². The first-order valence-electron chi connectivity index (χ1n) is 4.95. The van der Waals surface area contributed by atoms with Crippen molar-refractivity contribution in [3.63, 3.8) is 0 Å². The molecule has 1 N–H and O–H groups in total. The summed E-state index contributed by atoms with van der Waals surface area (Å²) in [6.07, 6.45) is 1.24. The van der Waals surface area contributed by atoms with Gasteiger partial charge in [0, 0.05) is 6.54 Å². The molecule has 1 saturated carbocycles. The number of carbonyl (C=O) groups is 1. The molecule has 0 radical (unpaired) electrons. The molecule has 3 heteroatoms. The molecule has 3 nitrogen and oxygen atoms in total. The van der Waals surface area contributed by atoms with E-state index in [4.69, 9.17) is 4.74 Å². The average Bonchev–Trinajstić information content (AvgIpc) is 2.51. The molecular formula is C10H17NO2. The van der Waals surface area contributed by atoms with Crippen LogP contribution in [0.25, 0.3) is 0 Å². The van der Waals surface area contributed by atoms with Gasteiger partial charge in [0.15, 0.2) is 0 Å². The van der Waals surface area contributed by atoms with Gasteiger partial charge in [-0.25, -0.2) is 0 Å². The molecule has 0 spiro atoms. The maximum Gasteiger partial charge on any atom is 0.227 e. The van der Waals surface area contributed by atoms with Crippen LogP contribution in [0.15, 0.2) is 0 Å². The number of carbonyl (C=O) groups excluding carboxylic acids is 1. The summed E-state index contributed by atoms with van der Waals surface area (Å²) >= 11 is 0. The lowest BCUT2D eigenvalue weighted by molar-refractivity contribution is -0.138. The first-order valence-corrected chi connectivity index (χ1v) is 4.95. The maximum absolute atomic E-state index is 11.4. The van der Waals surface area contributed by atoms with Crippen LogP contribution in [0.3, 0.4) is 0 Å². The fraction of sp³-hybridized carbons (Fsp3) is 0.900. The van der Waals surface area contributed by atoms with Crippen LogP contribution in [0.2, 0.25) is 0 Å². The van der Waals surface area contributed by atoms with Gasteiger partial charge in [0.2, 0.25) is 5.91 Å². The summed E-state index contributed by atoms with van der Waals surface area (Å²) in [7, 11) is 0. The smallest absolute Gasteiger partial charge is 0.227 e. The SMILES string of the molecule is CC1(C)CC1CNC(=O)C1COC1. The van der Waals surface area contributed by atoms with Crippen molar-refractivity contribution < 1.29 is 9.53 Å². The molecule has 1 heterocycles. The molecule has 2 aliphatic rings. The Hall–Kier alpha value is -0.570. The zero-order chi connectivity index (χ0) is 9.47. The van der Waals surface area contributed by atoms with E-state index < -0.39 is 0 Å². The van der Waals surface area contributed by atoms with Gasteiger partial charge in [-0.3, -0.25) is 4.79 Å². The van der Waals surface area contributed by atoms with Crippen LogP contribution in [0, 0.1) is 17.3 Å². The Kier molecular flexibility index (Phi) is 2.06. The average molecular weight is 183 g/mol. The summed E-state index contributed by atoms with van der Waals surface area (Å²) in [5.74, 6) is 0.994. The lowest BCUT2D eigenvalue weighted by Crippen LogP contribution is -2.43. The highest BCUT2D eigenvalue weighted by Crippen LogP contribution is 2.50. The minimum Gasteiger partial charge on any atom is -0.380 e. The topological polar surface area (TPSA) is 38.3 Å². The monoisotopic (exact) mass is 183 g/mol. The Labute approximate surface area is 78.8 Å². The van der Waals surface area contributed by atoms with Crippen molar-refractivity contribution in [2.75, 3.05) is 19.8 Å². The van der Waals surface area contributed by atoms with Crippen LogP contribution in [0.5, 0.6) is 0 Å². The highest BCUT2D eigenvalue weighted by Gasteiger charge is 2.45. The zero-order valence-corrected chi connectivity index (χ0v) is 8.30. The second-order valence-electron chi connectivity index (χ2n) is 4.87. The summed E-state index contributed by atoms with van der Waals surface area (Å²) in [4.78, 5) is 11.4. The van der Waals surface area contributed by atoms with E-state index in [1.165, 1.54) is 6.42 Å². The number of ether oxygens (including phenoxy) is 1. The van der Waals surface area contributed by atoms with Gasteiger partial charge in [0.05, 0.1) is 19.1 Å². The third-order valence-corrected chi connectivity index (χ3v) is 3.25. The molecule has 0 aromatic carbocycles.